The van der Waals surface area contributed by atoms with Crippen LogP contribution in [-0.2, 0) is 16.1 Å². The first-order valence-electron chi connectivity index (χ1n) is 11.0. The van der Waals surface area contributed by atoms with Gasteiger partial charge in [0, 0.05) is 17.1 Å². The largest absolute Gasteiger partial charge is 0.349 e. The first-order valence-corrected chi connectivity index (χ1v) is 11.0. The van der Waals surface area contributed by atoms with Gasteiger partial charge >= 0.3 is 0 Å². The second-order valence-corrected chi connectivity index (χ2v) is 8.92. The zero-order chi connectivity index (χ0) is 22.9. The first-order chi connectivity index (χ1) is 15.3. The zero-order valence-corrected chi connectivity index (χ0v) is 18.6. The van der Waals surface area contributed by atoms with Crippen molar-refractivity contribution in [1.29, 1.82) is 0 Å². The Morgan fingerprint density at radius 1 is 1.19 bits per heavy atom. The van der Waals surface area contributed by atoms with Gasteiger partial charge < -0.3 is 10.2 Å². The summed E-state index contributed by atoms with van der Waals surface area (Å²) >= 11 is 0. The fourth-order valence-electron chi connectivity index (χ4n) is 3.76. The predicted octanol–water partition coefficient (Wildman–Crippen LogP) is 3.61. The molecule has 1 aliphatic carbocycles. The number of carbonyl (C=O) groups is 2. The predicted molar refractivity (Wildman–Crippen MR) is 119 cm³/mol. The number of hydrogen-bond acceptors (Lipinski definition) is 4. The minimum atomic E-state index is -1.06. The summed E-state index contributed by atoms with van der Waals surface area (Å²) in [5.41, 5.74) is 1.13. The van der Waals surface area contributed by atoms with E-state index in [2.05, 4.69) is 15.6 Å². The van der Waals surface area contributed by atoms with Gasteiger partial charge in [0.25, 0.3) is 0 Å². The SMILES string of the molecule is CCC(C)(C)NC(=O)C(c1ccccc1F)N(C(=O)Cn1nnc2ccccc21)C1CC1. The van der Waals surface area contributed by atoms with E-state index in [-0.39, 0.29) is 30.0 Å². The van der Waals surface area contributed by atoms with Crippen LogP contribution in [0.15, 0.2) is 48.5 Å². The number of nitrogens with one attached hydrogen (secondary N) is 1. The molecular formula is C24H28FN5O2. The van der Waals surface area contributed by atoms with E-state index < -0.39 is 17.4 Å². The molecule has 1 aliphatic rings. The highest BCUT2D eigenvalue weighted by atomic mass is 19.1. The molecule has 0 aliphatic heterocycles. The first kappa shape index (κ1) is 21.9. The zero-order valence-electron chi connectivity index (χ0n) is 18.6. The van der Waals surface area contributed by atoms with Crippen LogP contribution in [0.25, 0.3) is 11.0 Å². The van der Waals surface area contributed by atoms with Gasteiger partial charge in [0.1, 0.15) is 23.9 Å². The normalized spacial score (nSPS) is 14.9. The lowest BCUT2D eigenvalue weighted by Crippen LogP contribution is -2.51. The third-order valence-corrected chi connectivity index (χ3v) is 6.01. The number of para-hydroxylation sites is 1. The molecule has 1 N–H and O–H groups in total. The lowest BCUT2D eigenvalue weighted by atomic mass is 9.98. The van der Waals surface area contributed by atoms with Crippen molar-refractivity contribution in [2.75, 3.05) is 0 Å². The molecule has 0 radical (unpaired) electrons. The molecule has 1 saturated carbocycles. The van der Waals surface area contributed by atoms with Crippen LogP contribution >= 0.6 is 0 Å². The molecule has 0 bridgehead atoms. The number of nitrogens with zero attached hydrogens (tertiary/aromatic N) is 4. The van der Waals surface area contributed by atoms with E-state index in [1.807, 2.05) is 45.0 Å². The molecule has 32 heavy (non-hydrogen) atoms. The molecule has 3 aromatic rings. The molecule has 1 atom stereocenters. The third-order valence-electron chi connectivity index (χ3n) is 6.01. The molecule has 168 valence electrons. The number of rotatable bonds is 8. The summed E-state index contributed by atoms with van der Waals surface area (Å²) in [6.07, 6.45) is 2.25. The van der Waals surface area contributed by atoms with Gasteiger partial charge in [0.2, 0.25) is 11.8 Å². The number of halogens is 1. The summed E-state index contributed by atoms with van der Waals surface area (Å²) in [5, 5.41) is 11.2. The van der Waals surface area contributed by atoms with Crippen molar-refractivity contribution in [3.8, 4) is 0 Å². The summed E-state index contributed by atoms with van der Waals surface area (Å²) in [6, 6.07) is 12.4. The van der Waals surface area contributed by atoms with Gasteiger partial charge in [0.15, 0.2) is 0 Å². The average Bonchev–Trinajstić information content (AvgIpc) is 3.53. The van der Waals surface area contributed by atoms with Crippen molar-refractivity contribution in [3.05, 3.63) is 59.9 Å². The highest BCUT2D eigenvalue weighted by molar-refractivity contribution is 5.90. The minimum Gasteiger partial charge on any atom is -0.349 e. The average molecular weight is 438 g/mol. The summed E-state index contributed by atoms with van der Waals surface area (Å²) in [6.45, 7) is 5.72. The molecule has 8 heteroatoms. The molecule has 2 aromatic carbocycles. The monoisotopic (exact) mass is 437 g/mol. The molecule has 2 amide bonds. The Bertz CT molecular complexity index is 1140. The molecule has 0 saturated heterocycles. The quantitative estimate of drug-likeness (QED) is 0.584. The van der Waals surface area contributed by atoms with Crippen LogP contribution in [0, 0.1) is 5.82 Å². The smallest absolute Gasteiger partial charge is 0.247 e. The van der Waals surface area contributed by atoms with Crippen molar-refractivity contribution >= 4 is 22.8 Å². The fraction of sp³-hybridized carbons (Fsp3) is 0.417. The fourth-order valence-corrected chi connectivity index (χ4v) is 3.76. The van der Waals surface area contributed by atoms with Crippen LogP contribution < -0.4 is 5.32 Å². The molecule has 4 rings (SSSR count). The highest BCUT2D eigenvalue weighted by Gasteiger charge is 2.43. The van der Waals surface area contributed by atoms with Gasteiger partial charge in [-0.05, 0) is 51.3 Å². The second-order valence-electron chi connectivity index (χ2n) is 8.92. The van der Waals surface area contributed by atoms with Gasteiger partial charge in [-0.15, -0.1) is 5.10 Å². The minimum absolute atomic E-state index is 0.0770. The third kappa shape index (κ3) is 4.49. The maximum atomic E-state index is 14.9. The summed E-state index contributed by atoms with van der Waals surface area (Å²) < 4.78 is 16.4. The van der Waals surface area contributed by atoms with E-state index in [4.69, 9.17) is 0 Å². The van der Waals surface area contributed by atoms with E-state index in [0.29, 0.717) is 11.9 Å². The van der Waals surface area contributed by atoms with Crippen LogP contribution in [0.5, 0.6) is 0 Å². The Morgan fingerprint density at radius 2 is 1.88 bits per heavy atom. The lowest BCUT2D eigenvalue weighted by molar-refractivity contribution is -0.143. The number of aromatic nitrogens is 3. The highest BCUT2D eigenvalue weighted by Crippen LogP contribution is 2.36. The summed E-state index contributed by atoms with van der Waals surface area (Å²) in [5.74, 6) is -1.18. The van der Waals surface area contributed by atoms with Crippen LogP contribution in [0.2, 0.25) is 0 Å². The van der Waals surface area contributed by atoms with E-state index >= 15 is 0 Å². The van der Waals surface area contributed by atoms with Gasteiger partial charge in [0.05, 0.1) is 5.52 Å². The van der Waals surface area contributed by atoms with Crippen molar-refractivity contribution < 1.29 is 14.0 Å². The van der Waals surface area contributed by atoms with E-state index in [1.54, 1.807) is 18.2 Å². The number of amides is 2. The standard InChI is InChI=1S/C24H28FN5O2/c1-4-24(2,3)26-23(32)22(17-9-5-6-10-18(17)25)30(16-13-14-16)21(31)15-29-20-12-8-7-11-19(20)27-28-29/h5-12,16,22H,4,13-15H2,1-3H3,(H,26,32). The lowest BCUT2D eigenvalue weighted by Gasteiger charge is -2.34. The number of benzene rings is 2. The summed E-state index contributed by atoms with van der Waals surface area (Å²) in [7, 11) is 0. The second kappa shape index (κ2) is 8.68. The molecule has 7 nitrogen and oxygen atoms in total. The van der Waals surface area contributed by atoms with Gasteiger partial charge in [-0.3, -0.25) is 9.59 Å². The topological polar surface area (TPSA) is 80.1 Å². The number of fused-ring (bicyclic) bond motifs is 1. The Balaban J connectivity index is 1.70. The molecule has 1 unspecified atom stereocenters. The van der Waals surface area contributed by atoms with E-state index in [1.165, 1.54) is 15.6 Å². The maximum Gasteiger partial charge on any atom is 0.247 e. The molecule has 1 fully saturated rings. The van der Waals surface area contributed by atoms with Crippen molar-refractivity contribution in [2.24, 2.45) is 0 Å². The van der Waals surface area contributed by atoms with Crippen molar-refractivity contribution in [1.82, 2.24) is 25.2 Å². The van der Waals surface area contributed by atoms with E-state index in [9.17, 15) is 14.0 Å². The maximum absolute atomic E-state index is 14.9. The van der Waals surface area contributed by atoms with Crippen molar-refractivity contribution in [2.45, 2.75) is 64.2 Å². The molecule has 0 spiro atoms. The Hall–Kier alpha value is -3.29. The Morgan fingerprint density at radius 3 is 2.56 bits per heavy atom. The number of hydrogen-bond donors (Lipinski definition) is 1. The van der Waals surface area contributed by atoms with Crippen LogP contribution in [0.3, 0.4) is 0 Å². The molecule has 1 heterocycles. The van der Waals surface area contributed by atoms with Crippen LogP contribution in [0.1, 0.15) is 51.6 Å². The summed E-state index contributed by atoms with van der Waals surface area (Å²) in [4.78, 5) is 28.5. The van der Waals surface area contributed by atoms with Crippen LogP contribution in [0.4, 0.5) is 4.39 Å². The van der Waals surface area contributed by atoms with Gasteiger partial charge in [-0.1, -0.05) is 42.5 Å². The number of carbonyl (C=O) groups excluding carboxylic acids is 2. The van der Waals surface area contributed by atoms with Crippen LogP contribution in [-0.4, -0.2) is 43.3 Å². The Kier molecular flexibility index (Phi) is 5.95. The van der Waals surface area contributed by atoms with Gasteiger partial charge in [-0.2, -0.15) is 0 Å². The Labute approximate surface area is 186 Å². The van der Waals surface area contributed by atoms with E-state index in [0.717, 1.165) is 18.4 Å². The van der Waals surface area contributed by atoms with Gasteiger partial charge in [-0.25, -0.2) is 9.07 Å². The molecule has 1 aromatic heterocycles. The van der Waals surface area contributed by atoms with Crippen molar-refractivity contribution in [3.63, 3.8) is 0 Å². The molecular weight excluding hydrogens is 409 g/mol.